The predicted octanol–water partition coefficient (Wildman–Crippen LogP) is 4.64. The number of rotatable bonds is 8. The molecule has 25 heteroatoms. The van der Waals surface area contributed by atoms with Crippen LogP contribution in [0, 0.1) is 5.92 Å². The van der Waals surface area contributed by atoms with Gasteiger partial charge in [0.1, 0.15) is 37.0 Å². The molecule has 5 aromatic rings. The lowest BCUT2D eigenvalue weighted by atomic mass is 10.1. The van der Waals surface area contributed by atoms with Crippen LogP contribution in [0.3, 0.4) is 0 Å². The molecule has 1 aromatic carbocycles. The minimum absolute atomic E-state index is 0.0371. The maximum absolute atomic E-state index is 13.2. The summed E-state index contributed by atoms with van der Waals surface area (Å²) < 4.78 is 47.4. The highest BCUT2D eigenvalue weighted by Crippen LogP contribution is 2.50. The Labute approximate surface area is 358 Å². The average Bonchev–Trinajstić information content (AvgIpc) is 4.01. The van der Waals surface area contributed by atoms with Crippen LogP contribution in [0.1, 0.15) is 63.9 Å². The molecule has 2 amide bonds. The van der Waals surface area contributed by atoms with Crippen LogP contribution >= 0.6 is 17.2 Å². The van der Waals surface area contributed by atoms with E-state index >= 15 is 0 Å². The van der Waals surface area contributed by atoms with Crippen LogP contribution in [0.4, 0.5) is 11.8 Å². The van der Waals surface area contributed by atoms with Crippen molar-refractivity contribution >= 4 is 71.4 Å². The van der Waals surface area contributed by atoms with Crippen LogP contribution in [0.25, 0.3) is 22.3 Å². The van der Waals surface area contributed by atoms with E-state index in [2.05, 4.69) is 61.3 Å². The minimum Gasteiger partial charge on any atom is -0.408 e. The Balaban J connectivity index is 1.06. The molecule has 5 N–H and O–H groups in total. The Bertz CT molecular complexity index is 2490. The number of nitrogens with zero attached hydrogens (tertiary/aromatic N) is 7. The number of carbonyl (C=O) groups excluding carboxylic acids is 2. The number of imidazole rings is 2. The van der Waals surface area contributed by atoms with Crippen molar-refractivity contribution in [2.45, 2.75) is 102 Å². The van der Waals surface area contributed by atoms with Gasteiger partial charge in [0.05, 0.1) is 32.0 Å². The Kier molecular flexibility index (Phi) is 12.7. The van der Waals surface area contributed by atoms with E-state index < -0.39 is 80.0 Å². The third-order valence-corrected chi connectivity index (χ3v) is 17.3. The van der Waals surface area contributed by atoms with Crippen LogP contribution in [0.5, 0.6) is 0 Å². The zero-order valence-corrected chi connectivity index (χ0v) is 37.6. The number of hydrogen-bond acceptors (Lipinski definition) is 17. The first-order valence-corrected chi connectivity index (χ1v) is 25.0. The van der Waals surface area contributed by atoms with Crippen LogP contribution in [-0.4, -0.2) is 113 Å². The topological polar surface area (TPSA) is 270 Å². The monoisotopic (exact) mass is 914 g/mol. The molecule has 0 spiro atoms. The maximum Gasteiger partial charge on any atom is 0.330 e. The predicted molar refractivity (Wildman–Crippen MR) is 226 cm³/mol. The number of aromatic nitrogens is 8. The van der Waals surface area contributed by atoms with Gasteiger partial charge >= 0.3 is 17.2 Å². The van der Waals surface area contributed by atoms with Crippen LogP contribution in [0.15, 0.2) is 54.1 Å². The molecule has 3 saturated heterocycles. The van der Waals surface area contributed by atoms with Crippen molar-refractivity contribution in [3.05, 3.63) is 65.2 Å². The van der Waals surface area contributed by atoms with Crippen LogP contribution < -0.4 is 16.2 Å². The van der Waals surface area contributed by atoms with Crippen molar-refractivity contribution < 1.29 is 51.4 Å². The van der Waals surface area contributed by atoms with Gasteiger partial charge in [-0.05, 0) is 30.3 Å². The zero-order chi connectivity index (χ0) is 44.1. The molecule has 4 aromatic heterocycles. The van der Waals surface area contributed by atoms with E-state index in [1.807, 2.05) is 19.2 Å². The molecule has 22 nitrogen and oxygen atoms in total. The van der Waals surface area contributed by atoms with Crippen molar-refractivity contribution in [1.82, 2.24) is 39.0 Å². The number of H-pyrrole nitrogens is 1. The second-order valence-electron chi connectivity index (χ2n) is 16.8. The molecule has 2 bridgehead atoms. The Morgan fingerprint density at radius 1 is 0.903 bits per heavy atom. The molecule has 8 rings (SSSR count). The lowest BCUT2D eigenvalue weighted by molar-refractivity contribution is -0.118. The molecule has 3 aliphatic heterocycles. The highest BCUT2D eigenvalue weighted by Gasteiger charge is 2.54. The summed E-state index contributed by atoms with van der Waals surface area (Å²) in [6.45, 7) is 13.2. The van der Waals surface area contributed by atoms with Crippen LogP contribution in [0.2, 0.25) is 18.1 Å². The number of benzene rings is 1. The summed E-state index contributed by atoms with van der Waals surface area (Å²) in [6.07, 6.45) is -2.09. The summed E-state index contributed by atoms with van der Waals surface area (Å²) in [6, 6.07) is 8.68. The molecule has 9 atom stereocenters. The van der Waals surface area contributed by atoms with Crippen molar-refractivity contribution in [2.24, 2.45) is 5.92 Å². The summed E-state index contributed by atoms with van der Waals surface area (Å²) in [7, 11) is -7.84. The number of nitrogens with one attached hydrogen (secondary N) is 3. The summed E-state index contributed by atoms with van der Waals surface area (Å²) in [5, 5.41) is 5.13. The summed E-state index contributed by atoms with van der Waals surface area (Å²) in [5.41, 5.74) is 0.546. The average molecular weight is 915 g/mol. The molecule has 7 heterocycles. The third-order valence-electron chi connectivity index (χ3n) is 11.2. The molecule has 62 heavy (non-hydrogen) atoms. The largest absolute Gasteiger partial charge is 0.408 e. The SMILES string of the molecule is CC(C)C(=O)Nc1nc2c(ncn2[C@@H]2O[C@@H]3COP(O)O[C@H]4C[C@H](n5cnc6c(NC(=O)c7ccccc7)ncnc65)O[C@@H]4COP(O)O[C@@H]2[C@@H]3O[Si](C)(C)C(C)(C)C)c(=O)[nH]1. The van der Waals surface area contributed by atoms with Gasteiger partial charge in [0.15, 0.2) is 42.7 Å². The van der Waals surface area contributed by atoms with Crippen molar-refractivity contribution in [3.8, 4) is 0 Å². The van der Waals surface area contributed by atoms with E-state index in [1.165, 1.54) is 23.5 Å². The molecule has 0 aliphatic carbocycles. The second-order valence-corrected chi connectivity index (χ2v) is 23.4. The number of carbonyl (C=O) groups is 2. The first-order chi connectivity index (χ1) is 29.5. The van der Waals surface area contributed by atoms with E-state index in [-0.39, 0.29) is 59.4 Å². The normalized spacial score (nSPS) is 27.4. The Morgan fingerprint density at radius 2 is 1.60 bits per heavy atom. The first kappa shape index (κ1) is 44.4. The molecule has 3 fully saturated rings. The van der Waals surface area contributed by atoms with Gasteiger partial charge in [-0.25, -0.2) is 19.9 Å². The second kappa shape index (κ2) is 17.7. The zero-order valence-electron chi connectivity index (χ0n) is 34.9. The van der Waals surface area contributed by atoms with Gasteiger partial charge in [-0.15, -0.1) is 0 Å². The number of amides is 2. The third kappa shape index (κ3) is 9.08. The van der Waals surface area contributed by atoms with Crippen LogP contribution in [-0.2, 0) is 36.8 Å². The molecular formula is C37H48N10O12P2Si. The van der Waals surface area contributed by atoms with Crippen molar-refractivity contribution in [3.63, 3.8) is 0 Å². The van der Waals surface area contributed by atoms with E-state index in [0.717, 1.165) is 0 Å². The van der Waals surface area contributed by atoms with E-state index in [0.29, 0.717) is 16.7 Å². The highest BCUT2D eigenvalue weighted by molar-refractivity contribution is 7.40. The summed E-state index contributed by atoms with van der Waals surface area (Å²) in [5.74, 6) is -1.03. The fraction of sp³-hybridized carbons (Fsp3) is 0.514. The number of fused-ring (bicyclic) bond motifs is 5. The molecular weight excluding hydrogens is 866 g/mol. The van der Waals surface area contributed by atoms with Gasteiger partial charge in [-0.3, -0.25) is 33.8 Å². The lowest BCUT2D eigenvalue weighted by Crippen LogP contribution is -2.50. The van der Waals surface area contributed by atoms with Gasteiger partial charge in [0.25, 0.3) is 11.5 Å². The molecule has 3 aliphatic rings. The fourth-order valence-electron chi connectivity index (χ4n) is 6.88. The lowest BCUT2D eigenvalue weighted by Gasteiger charge is -2.40. The van der Waals surface area contributed by atoms with Crippen molar-refractivity contribution in [1.29, 1.82) is 0 Å². The van der Waals surface area contributed by atoms with Gasteiger partial charge in [-0.1, -0.05) is 52.8 Å². The minimum atomic E-state index is -2.68. The standard InChI is InChI=1S/C37H48N10O12P2Si/c1-19(2)32(48)44-36-43-31-26(34(50)45-36)41-18-47(31)35-28-27(59-62(6,7)37(3,4)5)23(56-35)15-54-60(51)57-21-13-24(55-22(21)14-53-61(52)58-28)46-17-40-25-29(38-16-39-30(25)46)42-33(49)20-11-9-8-10-12-20/h8-12,16-19,21-24,27-28,35,51-52H,13-15H2,1-7H3,(H,38,39,42,49)(H2,43,44,45,48,50)/t21-,22+,23+,24+,27+,28+,35+,60?,61?/m0/s1. The highest BCUT2D eigenvalue weighted by atomic mass is 31.2. The number of ether oxygens (including phenoxy) is 2. The van der Waals surface area contributed by atoms with E-state index in [4.69, 9.17) is 32.0 Å². The molecule has 0 saturated carbocycles. The van der Waals surface area contributed by atoms with E-state index in [9.17, 15) is 24.2 Å². The molecule has 332 valence electrons. The molecule has 0 radical (unpaired) electrons. The van der Waals surface area contributed by atoms with Gasteiger partial charge in [-0.2, -0.15) is 4.98 Å². The first-order valence-electron chi connectivity index (χ1n) is 19.8. The van der Waals surface area contributed by atoms with Gasteiger partial charge in [0.2, 0.25) is 11.9 Å². The van der Waals surface area contributed by atoms with Gasteiger partial charge < -0.3 is 47.1 Å². The van der Waals surface area contributed by atoms with Crippen molar-refractivity contribution in [2.75, 3.05) is 23.8 Å². The molecule has 2 unspecified atom stereocenters. The number of anilines is 2. The number of aromatic amines is 1. The maximum atomic E-state index is 13.2. The fourth-order valence-corrected chi connectivity index (χ4v) is 9.76. The summed E-state index contributed by atoms with van der Waals surface area (Å²) >= 11 is 0. The smallest absolute Gasteiger partial charge is 0.330 e. The Morgan fingerprint density at radius 3 is 2.32 bits per heavy atom. The van der Waals surface area contributed by atoms with Gasteiger partial charge in [0, 0.05) is 17.9 Å². The summed E-state index contributed by atoms with van der Waals surface area (Å²) in [4.78, 5) is 85.9. The quantitative estimate of drug-likeness (QED) is 0.105. The number of hydrogen-bond donors (Lipinski definition) is 5. The van der Waals surface area contributed by atoms with E-state index in [1.54, 1.807) is 42.7 Å². The Hall–Kier alpha value is -4.22.